The first-order chi connectivity index (χ1) is 7.54. The quantitative estimate of drug-likeness (QED) is 0.617. The predicted octanol–water partition coefficient (Wildman–Crippen LogP) is 2.38. The Morgan fingerprint density at radius 3 is 2.75 bits per heavy atom. The molecular weight excluding hydrogens is 279 g/mol. The fourth-order valence-corrected chi connectivity index (χ4v) is 1.56. The van der Waals surface area contributed by atoms with Crippen LogP contribution in [0.5, 0.6) is 0 Å². The molecule has 0 aliphatic carbocycles. The van der Waals surface area contributed by atoms with Gasteiger partial charge in [0, 0.05) is 11.6 Å². The van der Waals surface area contributed by atoms with Crippen LogP contribution in [0.3, 0.4) is 0 Å². The van der Waals surface area contributed by atoms with E-state index in [1.807, 2.05) is 0 Å². The minimum atomic E-state index is -0.626. The molecule has 0 N–H and O–H groups in total. The molecule has 0 aliphatic heterocycles. The second-order valence-electron chi connectivity index (χ2n) is 3.20. The normalized spacial score (nSPS) is 10.2. The third kappa shape index (κ3) is 3.50. The van der Waals surface area contributed by atoms with Crippen LogP contribution in [-0.4, -0.2) is 25.3 Å². The van der Waals surface area contributed by atoms with Crippen molar-refractivity contribution in [3.05, 3.63) is 34.1 Å². The van der Waals surface area contributed by atoms with Gasteiger partial charge in [-0.05, 0) is 18.2 Å². The minimum Gasteiger partial charge on any atom is -0.377 e. The van der Waals surface area contributed by atoms with Gasteiger partial charge in [-0.25, -0.2) is 4.39 Å². The maximum Gasteiger partial charge on any atom is 0.173 e. The van der Waals surface area contributed by atoms with Crippen molar-refractivity contribution in [3.8, 4) is 0 Å². The van der Waals surface area contributed by atoms with E-state index in [1.165, 1.54) is 25.3 Å². The summed E-state index contributed by atoms with van der Waals surface area (Å²) < 4.78 is 18.5. The van der Waals surface area contributed by atoms with Crippen LogP contribution in [0.2, 0.25) is 0 Å². The summed E-state index contributed by atoms with van der Waals surface area (Å²) in [5.74, 6) is -1.54. The van der Waals surface area contributed by atoms with Crippen molar-refractivity contribution in [2.75, 3.05) is 13.7 Å². The number of benzene rings is 1. The second-order valence-corrected chi connectivity index (χ2v) is 4.11. The lowest BCUT2D eigenvalue weighted by Gasteiger charge is -2.02. The number of Topliss-reactive ketones (excluding diaryl/α,β-unsaturated/α-hetero) is 2. The first kappa shape index (κ1) is 13.0. The smallest absolute Gasteiger partial charge is 0.173 e. The lowest BCUT2D eigenvalue weighted by molar-refractivity contribution is -0.121. The van der Waals surface area contributed by atoms with Gasteiger partial charge < -0.3 is 4.74 Å². The Morgan fingerprint density at radius 1 is 1.44 bits per heavy atom. The highest BCUT2D eigenvalue weighted by atomic mass is 79.9. The molecule has 0 spiro atoms. The maximum atomic E-state index is 13.3. The Bertz CT molecular complexity index is 418. The second kappa shape index (κ2) is 5.86. The molecule has 0 aliphatic rings. The van der Waals surface area contributed by atoms with Gasteiger partial charge in [-0.1, -0.05) is 15.9 Å². The molecule has 3 nitrogen and oxygen atoms in total. The zero-order valence-corrected chi connectivity index (χ0v) is 10.2. The Morgan fingerprint density at radius 2 is 2.12 bits per heavy atom. The first-order valence-electron chi connectivity index (χ1n) is 4.53. The zero-order valence-electron chi connectivity index (χ0n) is 8.63. The summed E-state index contributed by atoms with van der Waals surface area (Å²) in [5, 5.41) is 0. The number of ketones is 2. The van der Waals surface area contributed by atoms with Crippen molar-refractivity contribution in [2.45, 2.75) is 6.42 Å². The molecule has 0 amide bonds. The first-order valence-corrected chi connectivity index (χ1v) is 5.32. The zero-order chi connectivity index (χ0) is 12.1. The van der Waals surface area contributed by atoms with Crippen LogP contribution in [-0.2, 0) is 9.53 Å². The standard InChI is InChI=1S/C11H10BrFO3/c1-16-6-8(14)5-11(15)9-4-7(12)2-3-10(9)13/h2-4H,5-6H2,1H3. The van der Waals surface area contributed by atoms with Crippen LogP contribution >= 0.6 is 15.9 Å². The molecule has 0 bridgehead atoms. The number of carbonyl (C=O) groups excluding carboxylic acids is 2. The largest absolute Gasteiger partial charge is 0.377 e. The van der Waals surface area contributed by atoms with Gasteiger partial charge in [-0.2, -0.15) is 0 Å². The summed E-state index contributed by atoms with van der Waals surface area (Å²) in [5.41, 5.74) is -0.0844. The number of halogens is 2. The van der Waals surface area contributed by atoms with Gasteiger partial charge in [0.1, 0.15) is 12.4 Å². The molecule has 0 atom stereocenters. The van der Waals surface area contributed by atoms with Crippen LogP contribution < -0.4 is 0 Å². The van der Waals surface area contributed by atoms with Crippen LogP contribution in [0.15, 0.2) is 22.7 Å². The molecule has 0 radical (unpaired) electrons. The van der Waals surface area contributed by atoms with Crippen molar-refractivity contribution in [3.63, 3.8) is 0 Å². The number of methoxy groups -OCH3 is 1. The lowest BCUT2D eigenvalue weighted by Crippen LogP contribution is -2.14. The van der Waals surface area contributed by atoms with E-state index < -0.39 is 11.6 Å². The molecule has 1 aromatic rings. The summed E-state index contributed by atoms with van der Waals surface area (Å²) in [7, 11) is 1.36. The molecule has 1 aromatic carbocycles. The Labute approximate surface area is 101 Å². The van der Waals surface area contributed by atoms with Gasteiger partial charge in [0.2, 0.25) is 0 Å². The lowest BCUT2D eigenvalue weighted by atomic mass is 10.1. The van der Waals surface area contributed by atoms with E-state index in [1.54, 1.807) is 0 Å². The molecular formula is C11H10BrFO3. The molecule has 16 heavy (non-hydrogen) atoms. The van der Waals surface area contributed by atoms with Crippen molar-refractivity contribution in [1.82, 2.24) is 0 Å². The molecule has 0 saturated heterocycles. The summed E-state index contributed by atoms with van der Waals surface area (Å²) in [4.78, 5) is 22.7. The van der Waals surface area contributed by atoms with E-state index in [0.29, 0.717) is 4.47 Å². The van der Waals surface area contributed by atoms with Gasteiger partial charge in [0.25, 0.3) is 0 Å². The average Bonchev–Trinajstić information content (AvgIpc) is 2.21. The maximum absolute atomic E-state index is 13.3. The van der Waals surface area contributed by atoms with Crippen molar-refractivity contribution in [1.29, 1.82) is 0 Å². The number of rotatable bonds is 5. The Balaban J connectivity index is 2.80. The fourth-order valence-electron chi connectivity index (χ4n) is 1.20. The molecule has 0 saturated carbocycles. The molecule has 86 valence electrons. The van der Waals surface area contributed by atoms with E-state index in [2.05, 4.69) is 20.7 Å². The summed E-state index contributed by atoms with van der Waals surface area (Å²) in [6.07, 6.45) is -0.346. The third-order valence-electron chi connectivity index (χ3n) is 1.89. The third-order valence-corrected chi connectivity index (χ3v) is 2.39. The summed E-state index contributed by atoms with van der Waals surface area (Å²) in [6, 6.07) is 4.03. The molecule has 5 heteroatoms. The number of hydrogen-bond acceptors (Lipinski definition) is 3. The predicted molar refractivity (Wildman–Crippen MR) is 59.9 cm³/mol. The molecule has 1 rings (SSSR count). The highest BCUT2D eigenvalue weighted by molar-refractivity contribution is 9.10. The van der Waals surface area contributed by atoms with Crippen LogP contribution in [0.25, 0.3) is 0 Å². The van der Waals surface area contributed by atoms with Gasteiger partial charge in [0.15, 0.2) is 11.6 Å². The van der Waals surface area contributed by atoms with Gasteiger partial charge in [0.05, 0.1) is 12.0 Å². The fraction of sp³-hybridized carbons (Fsp3) is 0.273. The highest BCUT2D eigenvalue weighted by Crippen LogP contribution is 2.17. The van der Waals surface area contributed by atoms with Crippen LogP contribution in [0.4, 0.5) is 4.39 Å². The van der Waals surface area contributed by atoms with Crippen LogP contribution in [0, 0.1) is 5.82 Å². The topological polar surface area (TPSA) is 43.4 Å². The van der Waals surface area contributed by atoms with Gasteiger partial charge >= 0.3 is 0 Å². The molecule has 0 aromatic heterocycles. The van der Waals surface area contributed by atoms with E-state index in [-0.39, 0.29) is 24.4 Å². The Hall–Kier alpha value is -1.07. The van der Waals surface area contributed by atoms with Gasteiger partial charge in [-0.15, -0.1) is 0 Å². The van der Waals surface area contributed by atoms with E-state index >= 15 is 0 Å². The van der Waals surface area contributed by atoms with Crippen molar-refractivity contribution >= 4 is 27.5 Å². The van der Waals surface area contributed by atoms with Gasteiger partial charge in [-0.3, -0.25) is 9.59 Å². The van der Waals surface area contributed by atoms with Crippen molar-refractivity contribution in [2.24, 2.45) is 0 Å². The number of carbonyl (C=O) groups is 2. The summed E-state index contributed by atoms with van der Waals surface area (Å²) in [6.45, 7) is -0.138. The van der Waals surface area contributed by atoms with E-state index in [4.69, 9.17) is 0 Å². The SMILES string of the molecule is COCC(=O)CC(=O)c1cc(Br)ccc1F. The highest BCUT2D eigenvalue weighted by Gasteiger charge is 2.15. The van der Waals surface area contributed by atoms with E-state index in [9.17, 15) is 14.0 Å². The minimum absolute atomic E-state index is 0.0844. The average molecular weight is 289 g/mol. The molecule has 0 heterocycles. The molecule has 0 fully saturated rings. The summed E-state index contributed by atoms with van der Waals surface area (Å²) >= 11 is 3.13. The Kier molecular flexibility index (Phi) is 4.76. The molecule has 0 unspecified atom stereocenters. The monoisotopic (exact) mass is 288 g/mol. The number of ether oxygens (including phenoxy) is 1. The van der Waals surface area contributed by atoms with E-state index in [0.717, 1.165) is 0 Å². The van der Waals surface area contributed by atoms with Crippen molar-refractivity contribution < 1.29 is 18.7 Å². The van der Waals surface area contributed by atoms with Crippen LogP contribution in [0.1, 0.15) is 16.8 Å². The number of hydrogen-bond donors (Lipinski definition) is 0.